The number of anilines is 3. The van der Waals surface area contributed by atoms with Crippen molar-refractivity contribution in [3.05, 3.63) is 222 Å². The van der Waals surface area contributed by atoms with Crippen LogP contribution in [0.25, 0.3) is 66.1 Å². The lowest BCUT2D eigenvalue weighted by Crippen LogP contribution is -2.25. The van der Waals surface area contributed by atoms with Gasteiger partial charge in [-0.3, -0.25) is 0 Å². The number of rotatable bonds is 4. The molecule has 0 unspecified atom stereocenters. The molecule has 0 saturated carbocycles. The summed E-state index contributed by atoms with van der Waals surface area (Å²) in [4.78, 5) is 2.47. The number of hydrogen-bond donors (Lipinski definition) is 0. The molecule has 10 aromatic rings. The maximum absolute atomic E-state index is 6.51. The Morgan fingerprint density at radius 3 is 1.68 bits per heavy atom. The number of hydrogen-bond acceptors (Lipinski definition) is 2. The Labute approximate surface area is 344 Å². The Morgan fingerprint density at radius 2 is 0.983 bits per heavy atom. The van der Waals surface area contributed by atoms with E-state index in [1.165, 1.54) is 66.4 Å². The van der Waals surface area contributed by atoms with Gasteiger partial charge in [-0.25, -0.2) is 0 Å². The summed E-state index contributed by atoms with van der Waals surface area (Å²) in [6, 6.07) is 71.9. The van der Waals surface area contributed by atoms with Gasteiger partial charge < -0.3 is 9.32 Å². The molecule has 0 aliphatic heterocycles. The standard InChI is InChI=1S/C57H41NO/c1-56(2,3)38-26-28-39(29-27-38)58(52-33-25-36-14-4-5-15-41(36)55(52)37-24-31-46-45-19-9-13-23-53(45)59-54(46)34-37)40-30-32-51-47(35-40)44-18-8-12-22-50(44)57(51)48-20-10-6-16-42(48)43-17-7-11-21-49(43)57/h4-35H,1-3H3. The monoisotopic (exact) mass is 755 g/mol. The molecule has 0 saturated heterocycles. The van der Waals surface area contributed by atoms with Crippen LogP contribution < -0.4 is 4.90 Å². The minimum Gasteiger partial charge on any atom is -0.456 e. The first-order chi connectivity index (χ1) is 28.9. The molecule has 0 bridgehead atoms. The summed E-state index contributed by atoms with van der Waals surface area (Å²) in [5.74, 6) is 0. The fourth-order valence-electron chi connectivity index (χ4n) is 10.4. The second-order valence-electron chi connectivity index (χ2n) is 17.2. The molecule has 280 valence electrons. The molecule has 0 N–H and O–H groups in total. The van der Waals surface area contributed by atoms with Crippen LogP contribution in [-0.4, -0.2) is 0 Å². The Balaban J connectivity index is 1.13. The first kappa shape index (κ1) is 33.9. The van der Waals surface area contributed by atoms with E-state index >= 15 is 0 Å². The van der Waals surface area contributed by atoms with E-state index in [1.54, 1.807) is 0 Å². The van der Waals surface area contributed by atoms with Gasteiger partial charge in [0.1, 0.15) is 11.2 Å². The fourth-order valence-corrected chi connectivity index (χ4v) is 10.4. The first-order valence-corrected chi connectivity index (χ1v) is 20.7. The smallest absolute Gasteiger partial charge is 0.136 e. The van der Waals surface area contributed by atoms with E-state index in [0.29, 0.717) is 0 Å². The maximum Gasteiger partial charge on any atom is 0.136 e. The van der Waals surface area contributed by atoms with E-state index in [4.69, 9.17) is 4.42 Å². The lowest BCUT2D eigenvalue weighted by Gasteiger charge is -2.32. The van der Waals surface area contributed by atoms with Crippen molar-refractivity contribution in [1.29, 1.82) is 0 Å². The predicted molar refractivity (Wildman–Crippen MR) is 246 cm³/mol. The van der Waals surface area contributed by atoms with Gasteiger partial charge >= 0.3 is 0 Å². The highest BCUT2D eigenvalue weighted by Crippen LogP contribution is 2.63. The van der Waals surface area contributed by atoms with Gasteiger partial charge in [-0.2, -0.15) is 0 Å². The summed E-state index contributed by atoms with van der Waals surface area (Å²) in [5, 5.41) is 4.65. The van der Waals surface area contributed by atoms with Gasteiger partial charge in [-0.15, -0.1) is 0 Å². The zero-order valence-corrected chi connectivity index (χ0v) is 33.3. The summed E-state index contributed by atoms with van der Waals surface area (Å²) in [7, 11) is 0. The average molecular weight is 756 g/mol. The van der Waals surface area contributed by atoms with Crippen LogP contribution >= 0.6 is 0 Å². The van der Waals surface area contributed by atoms with Gasteiger partial charge in [0, 0.05) is 27.7 Å². The Hall–Kier alpha value is -7.16. The number of para-hydroxylation sites is 1. The molecule has 0 atom stereocenters. The third-order valence-electron chi connectivity index (χ3n) is 13.0. The lowest BCUT2D eigenvalue weighted by atomic mass is 9.70. The van der Waals surface area contributed by atoms with Crippen molar-refractivity contribution < 1.29 is 4.42 Å². The minimum atomic E-state index is -0.396. The minimum absolute atomic E-state index is 0.0267. The highest BCUT2D eigenvalue weighted by atomic mass is 16.3. The van der Waals surface area contributed by atoms with Crippen LogP contribution in [0.5, 0.6) is 0 Å². The zero-order valence-electron chi connectivity index (χ0n) is 33.3. The van der Waals surface area contributed by atoms with E-state index in [-0.39, 0.29) is 5.41 Å². The zero-order chi connectivity index (χ0) is 39.5. The van der Waals surface area contributed by atoms with Crippen LogP contribution in [0, 0.1) is 0 Å². The van der Waals surface area contributed by atoms with Crippen molar-refractivity contribution in [3.63, 3.8) is 0 Å². The molecular formula is C57H41NO. The van der Waals surface area contributed by atoms with Crippen LogP contribution in [0.1, 0.15) is 48.6 Å². The van der Waals surface area contributed by atoms with Crippen molar-refractivity contribution in [1.82, 2.24) is 0 Å². The van der Waals surface area contributed by atoms with Crippen molar-refractivity contribution in [2.45, 2.75) is 31.6 Å². The lowest BCUT2D eigenvalue weighted by molar-refractivity contribution is 0.590. The van der Waals surface area contributed by atoms with Crippen LogP contribution in [0.3, 0.4) is 0 Å². The summed E-state index contributed by atoms with van der Waals surface area (Å²) < 4.78 is 6.51. The first-order valence-electron chi connectivity index (χ1n) is 20.7. The second kappa shape index (κ2) is 12.4. The normalized spacial score (nSPS) is 13.5. The van der Waals surface area contributed by atoms with Crippen LogP contribution in [-0.2, 0) is 10.8 Å². The highest BCUT2D eigenvalue weighted by Gasteiger charge is 2.51. The van der Waals surface area contributed by atoms with Gasteiger partial charge in [0.25, 0.3) is 0 Å². The number of fused-ring (bicyclic) bond motifs is 14. The largest absolute Gasteiger partial charge is 0.456 e. The molecule has 0 amide bonds. The van der Waals surface area contributed by atoms with Crippen molar-refractivity contribution in [2.24, 2.45) is 0 Å². The van der Waals surface area contributed by atoms with Gasteiger partial charge in [0.15, 0.2) is 0 Å². The third kappa shape index (κ3) is 4.81. The van der Waals surface area contributed by atoms with Gasteiger partial charge in [0.05, 0.1) is 11.1 Å². The summed E-state index contributed by atoms with van der Waals surface area (Å²) in [6.07, 6.45) is 0. The van der Waals surface area contributed by atoms with Crippen LogP contribution in [0.2, 0.25) is 0 Å². The molecule has 12 rings (SSSR count). The Bertz CT molecular complexity index is 3280. The SMILES string of the molecule is CC(C)(C)c1ccc(N(c2ccc3c(c2)-c2ccccc2C32c3ccccc3-c3ccccc32)c2ccc3ccccc3c2-c2ccc3c(c2)oc2ccccc23)cc1. The second-order valence-corrected chi connectivity index (χ2v) is 17.2. The van der Waals surface area contributed by atoms with Gasteiger partial charge in [-0.1, -0.05) is 166 Å². The van der Waals surface area contributed by atoms with E-state index in [0.717, 1.165) is 44.6 Å². The van der Waals surface area contributed by atoms with Crippen molar-refractivity contribution in [3.8, 4) is 33.4 Å². The summed E-state index contributed by atoms with van der Waals surface area (Å²) >= 11 is 0. The molecule has 2 heteroatoms. The van der Waals surface area contributed by atoms with Crippen LogP contribution in [0.15, 0.2) is 199 Å². The van der Waals surface area contributed by atoms with Crippen molar-refractivity contribution >= 4 is 49.8 Å². The molecule has 1 spiro atoms. The Morgan fingerprint density at radius 1 is 0.424 bits per heavy atom. The maximum atomic E-state index is 6.51. The van der Waals surface area contributed by atoms with Gasteiger partial charge in [0.2, 0.25) is 0 Å². The third-order valence-corrected chi connectivity index (χ3v) is 13.0. The van der Waals surface area contributed by atoms with Crippen LogP contribution in [0.4, 0.5) is 17.1 Å². The molecule has 2 aliphatic carbocycles. The molecule has 59 heavy (non-hydrogen) atoms. The molecule has 2 aliphatic rings. The number of benzene rings is 9. The number of furan rings is 1. The highest BCUT2D eigenvalue weighted by molar-refractivity contribution is 6.10. The molecule has 2 nitrogen and oxygen atoms in total. The molecular weight excluding hydrogens is 715 g/mol. The van der Waals surface area contributed by atoms with E-state index in [2.05, 4.69) is 214 Å². The number of nitrogens with zero attached hydrogens (tertiary/aromatic N) is 1. The van der Waals surface area contributed by atoms with E-state index < -0.39 is 5.41 Å². The van der Waals surface area contributed by atoms with E-state index in [1.807, 2.05) is 6.07 Å². The molecule has 1 aromatic heterocycles. The quantitative estimate of drug-likeness (QED) is 0.178. The topological polar surface area (TPSA) is 16.4 Å². The Kier molecular flexibility index (Phi) is 7.14. The molecule has 9 aromatic carbocycles. The van der Waals surface area contributed by atoms with Gasteiger partial charge in [-0.05, 0) is 120 Å². The molecule has 0 radical (unpaired) electrons. The fraction of sp³-hybridized carbons (Fsp3) is 0.0877. The average Bonchev–Trinajstić information content (AvgIpc) is 3.90. The van der Waals surface area contributed by atoms with E-state index in [9.17, 15) is 0 Å². The molecule has 1 heterocycles. The molecule has 0 fully saturated rings. The van der Waals surface area contributed by atoms with Crippen molar-refractivity contribution in [2.75, 3.05) is 4.90 Å². The summed E-state index contributed by atoms with van der Waals surface area (Å²) in [5.41, 5.74) is 18.9. The summed E-state index contributed by atoms with van der Waals surface area (Å²) in [6.45, 7) is 6.84. The predicted octanol–water partition coefficient (Wildman–Crippen LogP) is 15.5.